The molecule has 0 heterocycles. The van der Waals surface area contributed by atoms with Crippen molar-refractivity contribution >= 4 is 70.9 Å². The Hall–Kier alpha value is -6.70. The second-order valence-electron chi connectivity index (χ2n) is 15.3. The summed E-state index contributed by atoms with van der Waals surface area (Å²) in [6.07, 6.45) is 0. The highest BCUT2D eigenvalue weighted by molar-refractivity contribution is 6.30. The van der Waals surface area contributed by atoms with E-state index in [9.17, 15) is 0 Å². The molecule has 10 aromatic carbocycles. The molecule has 0 unspecified atom stereocenters. The van der Waals surface area contributed by atoms with Gasteiger partial charge in [0.25, 0.3) is 0 Å². The van der Waals surface area contributed by atoms with E-state index in [1.165, 1.54) is 92.9 Å². The lowest BCUT2D eigenvalue weighted by Gasteiger charge is -2.32. The molecule has 10 aromatic rings. The first-order valence-electron chi connectivity index (χ1n) is 18.9. The molecule has 0 fully saturated rings. The van der Waals surface area contributed by atoms with Crippen LogP contribution in [0.3, 0.4) is 0 Å². The van der Waals surface area contributed by atoms with Crippen molar-refractivity contribution in [3.05, 3.63) is 199 Å². The van der Waals surface area contributed by atoms with Gasteiger partial charge in [0.05, 0.1) is 5.69 Å². The number of hydrogen-bond donors (Lipinski definition) is 0. The van der Waals surface area contributed by atoms with Crippen LogP contribution in [-0.4, -0.2) is 0 Å². The zero-order valence-electron chi connectivity index (χ0n) is 30.3. The molecule has 1 nitrogen and oxygen atoms in total. The van der Waals surface area contributed by atoms with Gasteiger partial charge < -0.3 is 4.90 Å². The molecule has 11 rings (SSSR count). The molecule has 0 radical (unpaired) electrons. The molecule has 0 N–H and O–H groups in total. The van der Waals surface area contributed by atoms with E-state index in [1.54, 1.807) is 0 Å². The summed E-state index contributed by atoms with van der Waals surface area (Å²) in [6, 6.07) is 69.9. The summed E-state index contributed by atoms with van der Waals surface area (Å²) in [7, 11) is 0. The second kappa shape index (κ2) is 11.7. The van der Waals surface area contributed by atoms with Gasteiger partial charge in [-0.05, 0) is 101 Å². The van der Waals surface area contributed by atoms with Crippen molar-refractivity contribution < 1.29 is 0 Å². The summed E-state index contributed by atoms with van der Waals surface area (Å²) in [6.45, 7) is 4.75. The van der Waals surface area contributed by atoms with Crippen LogP contribution in [0.5, 0.6) is 0 Å². The Labute approximate surface area is 315 Å². The highest BCUT2D eigenvalue weighted by Gasteiger charge is 2.36. The lowest BCUT2D eigenvalue weighted by molar-refractivity contribution is 0.660. The highest BCUT2D eigenvalue weighted by Crippen LogP contribution is 2.53. The molecule has 0 saturated heterocycles. The third-order valence-corrected chi connectivity index (χ3v) is 12.0. The Morgan fingerprint density at radius 2 is 0.870 bits per heavy atom. The van der Waals surface area contributed by atoms with Crippen LogP contribution >= 0.6 is 0 Å². The third-order valence-electron chi connectivity index (χ3n) is 12.0. The van der Waals surface area contributed by atoms with Gasteiger partial charge >= 0.3 is 0 Å². The average Bonchev–Trinajstić information content (AvgIpc) is 3.46. The third kappa shape index (κ3) is 4.45. The van der Waals surface area contributed by atoms with Crippen molar-refractivity contribution in [3.8, 4) is 22.3 Å². The molecule has 254 valence electrons. The van der Waals surface area contributed by atoms with E-state index in [4.69, 9.17) is 0 Å². The monoisotopic (exact) mass is 687 g/mol. The molecule has 0 spiro atoms. The van der Waals surface area contributed by atoms with Crippen LogP contribution < -0.4 is 4.90 Å². The van der Waals surface area contributed by atoms with Crippen molar-refractivity contribution in [2.75, 3.05) is 4.90 Å². The fourth-order valence-electron chi connectivity index (χ4n) is 9.44. The molecule has 1 aliphatic rings. The topological polar surface area (TPSA) is 3.24 Å². The SMILES string of the molecule is CC1(C)c2ccccc2-c2ccc(N(c3ccc4c(ccc5ccccc54)c3)c3c(-c4ccccc4)ccc4c5ccccc5c5ccccc5c34)cc21. The number of hydrogen-bond acceptors (Lipinski definition) is 1. The van der Waals surface area contributed by atoms with E-state index in [-0.39, 0.29) is 5.41 Å². The van der Waals surface area contributed by atoms with Crippen molar-refractivity contribution in [2.24, 2.45) is 0 Å². The maximum Gasteiger partial charge on any atom is 0.0624 e. The molecule has 1 heteroatoms. The lowest BCUT2D eigenvalue weighted by atomic mass is 9.82. The molecule has 54 heavy (non-hydrogen) atoms. The molecule has 0 aromatic heterocycles. The van der Waals surface area contributed by atoms with E-state index < -0.39 is 0 Å². The largest absolute Gasteiger partial charge is 0.309 e. The number of rotatable bonds is 4. The van der Waals surface area contributed by atoms with Crippen molar-refractivity contribution in [3.63, 3.8) is 0 Å². The van der Waals surface area contributed by atoms with Crippen LogP contribution in [0.25, 0.3) is 76.1 Å². The van der Waals surface area contributed by atoms with Crippen LogP contribution in [0.15, 0.2) is 188 Å². The molecular formula is C53H37N. The number of fused-ring (bicyclic) bond motifs is 12. The van der Waals surface area contributed by atoms with E-state index >= 15 is 0 Å². The van der Waals surface area contributed by atoms with Gasteiger partial charge in [-0.25, -0.2) is 0 Å². The molecule has 1 aliphatic carbocycles. The van der Waals surface area contributed by atoms with E-state index in [1.807, 2.05) is 0 Å². The van der Waals surface area contributed by atoms with Gasteiger partial charge in [-0.1, -0.05) is 178 Å². The van der Waals surface area contributed by atoms with Crippen LogP contribution in [0, 0.1) is 0 Å². The van der Waals surface area contributed by atoms with Crippen molar-refractivity contribution in [1.82, 2.24) is 0 Å². The lowest BCUT2D eigenvalue weighted by Crippen LogP contribution is -2.17. The van der Waals surface area contributed by atoms with Crippen LogP contribution in [-0.2, 0) is 5.41 Å². The normalized spacial score (nSPS) is 13.1. The van der Waals surface area contributed by atoms with E-state index in [2.05, 4.69) is 207 Å². The van der Waals surface area contributed by atoms with Gasteiger partial charge in [0.1, 0.15) is 0 Å². The van der Waals surface area contributed by atoms with Gasteiger partial charge in [0.2, 0.25) is 0 Å². The second-order valence-corrected chi connectivity index (χ2v) is 15.3. The van der Waals surface area contributed by atoms with Gasteiger partial charge in [0.15, 0.2) is 0 Å². The van der Waals surface area contributed by atoms with Gasteiger partial charge in [-0.3, -0.25) is 0 Å². The fourth-order valence-corrected chi connectivity index (χ4v) is 9.44. The number of anilines is 3. The summed E-state index contributed by atoms with van der Waals surface area (Å²) < 4.78 is 0. The Balaban J connectivity index is 1.29. The van der Waals surface area contributed by atoms with E-state index in [0.29, 0.717) is 0 Å². The Morgan fingerprint density at radius 1 is 0.352 bits per heavy atom. The zero-order valence-corrected chi connectivity index (χ0v) is 30.3. The first kappa shape index (κ1) is 30.9. The molecule has 0 saturated carbocycles. The van der Waals surface area contributed by atoms with Crippen molar-refractivity contribution in [2.45, 2.75) is 19.3 Å². The molecular weight excluding hydrogens is 651 g/mol. The zero-order chi connectivity index (χ0) is 36.0. The molecule has 0 amide bonds. The van der Waals surface area contributed by atoms with Crippen molar-refractivity contribution in [1.29, 1.82) is 0 Å². The predicted molar refractivity (Wildman–Crippen MR) is 232 cm³/mol. The first-order chi connectivity index (χ1) is 26.6. The van der Waals surface area contributed by atoms with Crippen LogP contribution in [0.1, 0.15) is 25.0 Å². The van der Waals surface area contributed by atoms with Gasteiger partial charge in [-0.2, -0.15) is 0 Å². The van der Waals surface area contributed by atoms with Crippen LogP contribution in [0.2, 0.25) is 0 Å². The standard InChI is InChI=1S/C53H37N/c1-53(2)49-23-13-12-21-45(49)46-29-27-38(33-50(46)53)54(37-26-28-40-36(32-37)25-24-35-16-6-7-17-39(35)40)52-41(34-14-4-3-5-15-34)30-31-48-44-20-9-8-18-42(44)43-19-10-11-22-47(43)51(48)52/h3-33H,1-2H3. The van der Waals surface area contributed by atoms with Crippen LogP contribution in [0.4, 0.5) is 17.1 Å². The summed E-state index contributed by atoms with van der Waals surface area (Å²) >= 11 is 0. The van der Waals surface area contributed by atoms with Gasteiger partial charge in [0, 0.05) is 27.7 Å². The minimum atomic E-state index is -0.139. The summed E-state index contributed by atoms with van der Waals surface area (Å²) in [5.41, 5.74) is 11.1. The summed E-state index contributed by atoms with van der Waals surface area (Å²) in [5, 5.41) is 12.6. The predicted octanol–water partition coefficient (Wildman–Crippen LogP) is 14.9. The average molecular weight is 688 g/mol. The highest BCUT2D eigenvalue weighted by atomic mass is 15.1. The fraction of sp³-hybridized carbons (Fsp3) is 0.0566. The van der Waals surface area contributed by atoms with E-state index in [0.717, 1.165) is 11.4 Å². The molecule has 0 atom stereocenters. The maximum absolute atomic E-state index is 2.56. The number of benzene rings is 10. The minimum Gasteiger partial charge on any atom is -0.309 e. The quantitative estimate of drug-likeness (QED) is 0.167. The molecule has 0 aliphatic heterocycles. The molecule has 0 bridgehead atoms. The first-order valence-corrected chi connectivity index (χ1v) is 18.9. The maximum atomic E-state index is 2.56. The van der Waals surface area contributed by atoms with Gasteiger partial charge in [-0.15, -0.1) is 0 Å². The minimum absolute atomic E-state index is 0.139. The summed E-state index contributed by atoms with van der Waals surface area (Å²) in [5.74, 6) is 0. The Kier molecular flexibility index (Phi) is 6.66. The number of nitrogens with zero attached hydrogens (tertiary/aromatic N) is 1. The smallest absolute Gasteiger partial charge is 0.0624 e. The Bertz CT molecular complexity index is 3100. The Morgan fingerprint density at radius 3 is 1.67 bits per heavy atom. The summed E-state index contributed by atoms with van der Waals surface area (Å²) in [4.78, 5) is 2.56.